The van der Waals surface area contributed by atoms with E-state index < -0.39 is 17.2 Å². The Morgan fingerprint density at radius 1 is 1.10 bits per heavy atom. The normalized spacial score (nSPS) is 10.9. The monoisotopic (exact) mass is 435 g/mol. The van der Waals surface area contributed by atoms with Crippen LogP contribution in [-0.4, -0.2) is 25.0 Å². The minimum absolute atomic E-state index is 0.0634. The number of carbonyl (C=O) groups excluding carboxylic acids is 1. The zero-order chi connectivity index (χ0) is 22.0. The van der Waals surface area contributed by atoms with Gasteiger partial charge in [0.05, 0.1) is 23.6 Å². The van der Waals surface area contributed by atoms with Gasteiger partial charge in [-0.25, -0.2) is 9.78 Å². The number of nitrogens with zero attached hydrogens (tertiary/aromatic N) is 4. The number of aromatic nitrogens is 4. The molecule has 0 saturated heterocycles. The first-order valence-corrected chi connectivity index (χ1v) is 9.83. The molecule has 1 aromatic carbocycles. The standard InChI is InChI=1S/C22H18ClN5O3/c1-27-19-12-25-18(20(29)26-11-14-5-7-24-8-6-14)10-17(19)21(30)28(22(27)31)13-15-3-2-4-16(23)9-15/h2-10,12H,11,13H2,1H3,(H,26,29). The molecule has 31 heavy (non-hydrogen) atoms. The minimum atomic E-state index is -0.497. The fourth-order valence-electron chi connectivity index (χ4n) is 3.26. The number of halogens is 1. The van der Waals surface area contributed by atoms with Crippen molar-refractivity contribution in [1.82, 2.24) is 24.4 Å². The van der Waals surface area contributed by atoms with Crippen LogP contribution >= 0.6 is 11.6 Å². The highest BCUT2D eigenvalue weighted by Crippen LogP contribution is 2.12. The maximum atomic E-state index is 13.1. The van der Waals surface area contributed by atoms with Crippen LogP contribution in [0.5, 0.6) is 0 Å². The van der Waals surface area contributed by atoms with Crippen LogP contribution in [0.3, 0.4) is 0 Å². The average Bonchev–Trinajstić information content (AvgIpc) is 2.79. The second-order valence-electron chi connectivity index (χ2n) is 6.99. The van der Waals surface area contributed by atoms with Gasteiger partial charge in [-0.3, -0.25) is 23.7 Å². The lowest BCUT2D eigenvalue weighted by molar-refractivity contribution is 0.0946. The smallest absolute Gasteiger partial charge is 0.331 e. The van der Waals surface area contributed by atoms with Crippen LogP contribution in [0.2, 0.25) is 5.02 Å². The maximum Gasteiger partial charge on any atom is 0.331 e. The highest BCUT2D eigenvalue weighted by molar-refractivity contribution is 6.30. The number of nitrogens with one attached hydrogen (secondary N) is 1. The molecule has 0 aliphatic carbocycles. The van der Waals surface area contributed by atoms with Gasteiger partial charge in [0, 0.05) is 31.0 Å². The van der Waals surface area contributed by atoms with E-state index in [2.05, 4.69) is 15.3 Å². The van der Waals surface area contributed by atoms with E-state index in [1.54, 1.807) is 55.8 Å². The molecule has 0 bridgehead atoms. The lowest BCUT2D eigenvalue weighted by Gasteiger charge is -2.12. The van der Waals surface area contributed by atoms with Gasteiger partial charge in [0.15, 0.2) is 0 Å². The Labute approximate surface area is 181 Å². The Kier molecular flexibility index (Phi) is 5.64. The van der Waals surface area contributed by atoms with Crippen LogP contribution in [-0.2, 0) is 20.1 Å². The molecule has 9 heteroatoms. The van der Waals surface area contributed by atoms with Gasteiger partial charge in [0.25, 0.3) is 11.5 Å². The first-order valence-electron chi connectivity index (χ1n) is 9.45. The van der Waals surface area contributed by atoms with Crippen LogP contribution < -0.4 is 16.6 Å². The quantitative estimate of drug-likeness (QED) is 0.517. The minimum Gasteiger partial charge on any atom is -0.347 e. The van der Waals surface area contributed by atoms with E-state index in [1.165, 1.54) is 16.8 Å². The number of rotatable bonds is 5. The van der Waals surface area contributed by atoms with E-state index in [0.29, 0.717) is 17.1 Å². The molecule has 0 unspecified atom stereocenters. The maximum absolute atomic E-state index is 13.1. The van der Waals surface area contributed by atoms with E-state index in [9.17, 15) is 14.4 Å². The Morgan fingerprint density at radius 2 is 1.87 bits per heavy atom. The Balaban J connectivity index is 1.70. The summed E-state index contributed by atoms with van der Waals surface area (Å²) < 4.78 is 2.46. The number of carbonyl (C=O) groups is 1. The van der Waals surface area contributed by atoms with Crippen LogP contribution in [0.1, 0.15) is 21.6 Å². The molecule has 3 aromatic heterocycles. The molecule has 0 saturated carbocycles. The number of aryl methyl sites for hydroxylation is 1. The number of hydrogen-bond acceptors (Lipinski definition) is 5. The van der Waals surface area contributed by atoms with Crippen molar-refractivity contribution in [2.24, 2.45) is 7.05 Å². The predicted molar refractivity (Wildman–Crippen MR) is 117 cm³/mol. The van der Waals surface area contributed by atoms with Crippen LogP contribution in [0.4, 0.5) is 0 Å². The summed E-state index contributed by atoms with van der Waals surface area (Å²) in [6.07, 6.45) is 4.64. The highest BCUT2D eigenvalue weighted by Gasteiger charge is 2.15. The van der Waals surface area contributed by atoms with Crippen molar-refractivity contribution in [2.45, 2.75) is 13.1 Å². The molecular formula is C22H18ClN5O3. The average molecular weight is 436 g/mol. The van der Waals surface area contributed by atoms with Gasteiger partial charge in [-0.15, -0.1) is 0 Å². The molecule has 0 radical (unpaired) electrons. The van der Waals surface area contributed by atoms with Gasteiger partial charge in [-0.1, -0.05) is 23.7 Å². The summed E-state index contributed by atoms with van der Waals surface area (Å²) in [5, 5.41) is 3.51. The van der Waals surface area contributed by atoms with Crippen molar-refractivity contribution in [2.75, 3.05) is 0 Å². The number of amides is 1. The van der Waals surface area contributed by atoms with Gasteiger partial charge >= 0.3 is 5.69 Å². The third-order valence-corrected chi connectivity index (χ3v) is 5.14. The fraction of sp³-hybridized carbons (Fsp3) is 0.136. The van der Waals surface area contributed by atoms with Crippen LogP contribution in [0.25, 0.3) is 10.9 Å². The molecule has 3 heterocycles. The SMILES string of the molecule is Cn1c(=O)n(Cc2cccc(Cl)c2)c(=O)c2cc(C(=O)NCc3ccncc3)ncc21. The summed E-state index contributed by atoms with van der Waals surface area (Å²) >= 11 is 6.02. The topological polar surface area (TPSA) is 98.9 Å². The van der Waals surface area contributed by atoms with Crippen LogP contribution in [0.15, 0.2) is 70.6 Å². The van der Waals surface area contributed by atoms with Crippen molar-refractivity contribution in [3.8, 4) is 0 Å². The zero-order valence-electron chi connectivity index (χ0n) is 16.6. The van der Waals surface area contributed by atoms with Crippen LogP contribution in [0, 0.1) is 0 Å². The fourth-order valence-corrected chi connectivity index (χ4v) is 3.47. The zero-order valence-corrected chi connectivity index (χ0v) is 17.3. The third-order valence-electron chi connectivity index (χ3n) is 4.90. The van der Waals surface area contributed by atoms with E-state index in [0.717, 1.165) is 15.7 Å². The number of fused-ring (bicyclic) bond motifs is 1. The molecule has 8 nitrogen and oxygen atoms in total. The predicted octanol–water partition coefficient (Wildman–Crippen LogP) is 2.12. The second-order valence-corrected chi connectivity index (χ2v) is 7.42. The van der Waals surface area contributed by atoms with Crippen molar-refractivity contribution in [3.05, 3.63) is 104 Å². The molecule has 0 aliphatic rings. The Hall–Kier alpha value is -3.78. The number of pyridine rings is 2. The number of hydrogen-bond donors (Lipinski definition) is 1. The molecule has 1 amide bonds. The Bertz CT molecular complexity index is 1400. The van der Waals surface area contributed by atoms with E-state index >= 15 is 0 Å². The molecular weight excluding hydrogens is 418 g/mol. The molecule has 156 valence electrons. The lowest BCUT2D eigenvalue weighted by Crippen LogP contribution is -2.39. The summed E-state index contributed by atoms with van der Waals surface area (Å²) in [6.45, 7) is 0.362. The van der Waals surface area contributed by atoms with Crippen molar-refractivity contribution < 1.29 is 4.79 Å². The Morgan fingerprint density at radius 3 is 2.61 bits per heavy atom. The number of benzene rings is 1. The van der Waals surface area contributed by atoms with E-state index in [1.807, 2.05) is 0 Å². The molecule has 4 aromatic rings. The highest BCUT2D eigenvalue weighted by atomic mass is 35.5. The van der Waals surface area contributed by atoms with Gasteiger partial charge in [-0.05, 0) is 41.5 Å². The molecule has 0 fully saturated rings. The summed E-state index contributed by atoms with van der Waals surface area (Å²) in [5.74, 6) is -0.423. The largest absolute Gasteiger partial charge is 0.347 e. The lowest BCUT2D eigenvalue weighted by atomic mass is 10.2. The van der Waals surface area contributed by atoms with Gasteiger partial charge < -0.3 is 5.32 Å². The van der Waals surface area contributed by atoms with Gasteiger partial charge in [0.2, 0.25) is 0 Å². The summed E-state index contributed by atoms with van der Waals surface area (Å²) in [5.41, 5.74) is 1.07. The van der Waals surface area contributed by atoms with E-state index in [-0.39, 0.29) is 17.6 Å². The molecule has 0 aliphatic heterocycles. The molecule has 0 atom stereocenters. The third kappa shape index (κ3) is 4.24. The van der Waals surface area contributed by atoms with Crippen molar-refractivity contribution >= 4 is 28.4 Å². The summed E-state index contributed by atoms with van der Waals surface area (Å²) in [6, 6.07) is 11.9. The van der Waals surface area contributed by atoms with Gasteiger partial charge in [-0.2, -0.15) is 0 Å². The van der Waals surface area contributed by atoms with Gasteiger partial charge in [0.1, 0.15) is 5.69 Å². The molecule has 0 spiro atoms. The van der Waals surface area contributed by atoms with Crippen molar-refractivity contribution in [3.63, 3.8) is 0 Å². The van der Waals surface area contributed by atoms with E-state index in [4.69, 9.17) is 11.6 Å². The first-order chi connectivity index (χ1) is 14.9. The molecule has 1 N–H and O–H groups in total. The van der Waals surface area contributed by atoms with Crippen molar-refractivity contribution in [1.29, 1.82) is 0 Å². The first kappa shape index (κ1) is 20.5. The summed E-state index contributed by atoms with van der Waals surface area (Å²) in [4.78, 5) is 46.5. The second kappa shape index (κ2) is 8.53. The summed E-state index contributed by atoms with van der Waals surface area (Å²) in [7, 11) is 1.56. The molecule has 4 rings (SSSR count).